The summed E-state index contributed by atoms with van der Waals surface area (Å²) in [5, 5.41) is 9.40. The van der Waals surface area contributed by atoms with Crippen LogP contribution in [0.25, 0.3) is 11.3 Å². The van der Waals surface area contributed by atoms with E-state index in [0.29, 0.717) is 6.54 Å². The van der Waals surface area contributed by atoms with Gasteiger partial charge in [-0.3, -0.25) is 9.89 Å². The van der Waals surface area contributed by atoms with E-state index in [2.05, 4.69) is 10.2 Å². The molecule has 1 aliphatic carbocycles. The lowest BCUT2D eigenvalue weighted by atomic mass is 9.95. The second kappa shape index (κ2) is 8.27. The Labute approximate surface area is 168 Å². The Kier molecular flexibility index (Phi) is 5.57. The third kappa shape index (κ3) is 4.02. The Morgan fingerprint density at radius 1 is 1.25 bits per heavy atom. The van der Waals surface area contributed by atoms with Crippen molar-refractivity contribution in [2.45, 2.75) is 38.5 Å². The molecule has 1 aliphatic rings. The number of benzene rings is 1. The van der Waals surface area contributed by atoms with Gasteiger partial charge in [-0.15, -0.1) is 11.3 Å². The molecule has 4 nitrogen and oxygen atoms in total. The van der Waals surface area contributed by atoms with E-state index in [1.165, 1.54) is 35.4 Å². The molecule has 0 saturated carbocycles. The van der Waals surface area contributed by atoms with Gasteiger partial charge >= 0.3 is 0 Å². The third-order valence-electron chi connectivity index (χ3n) is 5.35. The standard InChI is InChI=1S/C22H24FN3OS/c1-26(22(27)19-14-28-21-7-3-2-6-18(19)21)12-4-5-17-13-20(25-24-17)15-8-10-16(23)11-9-15/h8-11,13-14H,2-7,12H2,1H3,(H,24,25). The lowest BCUT2D eigenvalue weighted by Crippen LogP contribution is -2.28. The Bertz CT molecular complexity index is 961. The van der Waals surface area contributed by atoms with Gasteiger partial charge in [0.1, 0.15) is 5.82 Å². The first-order valence-corrected chi connectivity index (χ1v) is 10.6. The maximum atomic E-state index is 13.1. The number of thiophene rings is 1. The molecule has 1 aromatic carbocycles. The largest absolute Gasteiger partial charge is 0.342 e. The average molecular weight is 398 g/mol. The molecular formula is C22H24FN3OS. The average Bonchev–Trinajstić information content (AvgIpc) is 3.35. The molecule has 1 N–H and O–H groups in total. The van der Waals surface area contributed by atoms with Crippen molar-refractivity contribution >= 4 is 17.2 Å². The minimum Gasteiger partial charge on any atom is -0.342 e. The zero-order chi connectivity index (χ0) is 19.5. The molecule has 28 heavy (non-hydrogen) atoms. The fraction of sp³-hybridized carbons (Fsp3) is 0.364. The molecule has 0 spiro atoms. The van der Waals surface area contributed by atoms with E-state index in [-0.39, 0.29) is 11.7 Å². The third-order valence-corrected chi connectivity index (χ3v) is 6.44. The van der Waals surface area contributed by atoms with Gasteiger partial charge in [0.2, 0.25) is 0 Å². The van der Waals surface area contributed by atoms with Crippen LogP contribution in [-0.2, 0) is 19.3 Å². The Balaban J connectivity index is 1.32. The van der Waals surface area contributed by atoms with Crippen LogP contribution < -0.4 is 0 Å². The second-order valence-electron chi connectivity index (χ2n) is 7.37. The first-order chi connectivity index (χ1) is 13.6. The predicted molar refractivity (Wildman–Crippen MR) is 110 cm³/mol. The van der Waals surface area contributed by atoms with Gasteiger partial charge in [0, 0.05) is 35.1 Å². The number of fused-ring (bicyclic) bond motifs is 1. The number of hydrogen-bond acceptors (Lipinski definition) is 3. The summed E-state index contributed by atoms with van der Waals surface area (Å²) in [4.78, 5) is 16.0. The van der Waals surface area contributed by atoms with Crippen molar-refractivity contribution in [3.8, 4) is 11.3 Å². The molecule has 0 atom stereocenters. The van der Waals surface area contributed by atoms with Crippen LogP contribution in [0, 0.1) is 5.82 Å². The van der Waals surface area contributed by atoms with Gasteiger partial charge < -0.3 is 4.90 Å². The van der Waals surface area contributed by atoms with E-state index < -0.39 is 0 Å². The topological polar surface area (TPSA) is 49.0 Å². The van der Waals surface area contributed by atoms with E-state index in [1.807, 2.05) is 23.4 Å². The van der Waals surface area contributed by atoms with E-state index in [1.54, 1.807) is 23.5 Å². The minimum absolute atomic E-state index is 0.135. The van der Waals surface area contributed by atoms with Crippen LogP contribution in [0.4, 0.5) is 4.39 Å². The highest BCUT2D eigenvalue weighted by Crippen LogP contribution is 2.30. The van der Waals surface area contributed by atoms with Crippen molar-refractivity contribution in [1.82, 2.24) is 15.1 Å². The zero-order valence-electron chi connectivity index (χ0n) is 16.0. The fourth-order valence-electron chi connectivity index (χ4n) is 3.75. The van der Waals surface area contributed by atoms with E-state index in [0.717, 1.165) is 48.2 Å². The lowest BCUT2D eigenvalue weighted by Gasteiger charge is -2.19. The summed E-state index contributed by atoms with van der Waals surface area (Å²) in [6.45, 7) is 0.703. The number of aryl methyl sites for hydroxylation is 2. The summed E-state index contributed by atoms with van der Waals surface area (Å²) in [5.41, 5.74) is 4.91. The number of aromatic nitrogens is 2. The van der Waals surface area contributed by atoms with Gasteiger partial charge in [0.25, 0.3) is 5.91 Å². The molecule has 4 rings (SSSR count). The normalized spacial score (nSPS) is 13.4. The number of carbonyl (C=O) groups excluding carboxylic acids is 1. The molecule has 0 aliphatic heterocycles. The van der Waals surface area contributed by atoms with Crippen LogP contribution in [0.2, 0.25) is 0 Å². The molecule has 6 heteroatoms. The molecule has 2 aromatic heterocycles. The first kappa shape index (κ1) is 18.9. The molecule has 0 radical (unpaired) electrons. The smallest absolute Gasteiger partial charge is 0.254 e. The summed E-state index contributed by atoms with van der Waals surface area (Å²) in [7, 11) is 1.88. The number of amides is 1. The number of nitrogens with one attached hydrogen (secondary N) is 1. The summed E-state index contributed by atoms with van der Waals surface area (Å²) < 4.78 is 13.1. The Morgan fingerprint density at radius 2 is 2.04 bits per heavy atom. The van der Waals surface area contributed by atoms with Gasteiger partial charge in [0.15, 0.2) is 0 Å². The molecular weight excluding hydrogens is 373 g/mol. The highest BCUT2D eigenvalue weighted by atomic mass is 32.1. The van der Waals surface area contributed by atoms with Gasteiger partial charge in [-0.2, -0.15) is 5.10 Å². The molecule has 0 fully saturated rings. The monoisotopic (exact) mass is 397 g/mol. The number of halogens is 1. The number of H-pyrrole nitrogens is 1. The molecule has 1 amide bonds. The van der Waals surface area contributed by atoms with E-state index in [9.17, 15) is 9.18 Å². The van der Waals surface area contributed by atoms with Crippen LogP contribution in [0.15, 0.2) is 35.7 Å². The van der Waals surface area contributed by atoms with Crippen LogP contribution in [0.3, 0.4) is 0 Å². The van der Waals surface area contributed by atoms with Gasteiger partial charge in [-0.05, 0) is 74.4 Å². The van der Waals surface area contributed by atoms with Crippen molar-refractivity contribution in [3.05, 3.63) is 63.2 Å². The molecule has 0 saturated heterocycles. The first-order valence-electron chi connectivity index (χ1n) is 9.77. The van der Waals surface area contributed by atoms with Crippen LogP contribution >= 0.6 is 11.3 Å². The van der Waals surface area contributed by atoms with Crippen LogP contribution in [-0.4, -0.2) is 34.6 Å². The number of rotatable bonds is 6. The van der Waals surface area contributed by atoms with E-state index >= 15 is 0 Å². The molecule has 3 aromatic rings. The van der Waals surface area contributed by atoms with Crippen molar-refractivity contribution < 1.29 is 9.18 Å². The van der Waals surface area contributed by atoms with Crippen LogP contribution in [0.5, 0.6) is 0 Å². The fourth-order valence-corrected chi connectivity index (χ4v) is 4.86. The van der Waals surface area contributed by atoms with Gasteiger partial charge in [0.05, 0.1) is 11.3 Å². The summed E-state index contributed by atoms with van der Waals surface area (Å²) in [5.74, 6) is -0.116. The van der Waals surface area contributed by atoms with Crippen molar-refractivity contribution in [3.63, 3.8) is 0 Å². The number of hydrogen-bond donors (Lipinski definition) is 1. The zero-order valence-corrected chi connectivity index (χ0v) is 16.8. The quantitative estimate of drug-likeness (QED) is 0.646. The number of aromatic amines is 1. The van der Waals surface area contributed by atoms with Crippen molar-refractivity contribution in [1.29, 1.82) is 0 Å². The highest BCUT2D eigenvalue weighted by molar-refractivity contribution is 7.10. The highest BCUT2D eigenvalue weighted by Gasteiger charge is 2.22. The van der Waals surface area contributed by atoms with Gasteiger partial charge in [-0.1, -0.05) is 0 Å². The second-order valence-corrected chi connectivity index (χ2v) is 8.34. The predicted octanol–water partition coefficient (Wildman–Crippen LogP) is 4.86. The maximum absolute atomic E-state index is 13.1. The molecule has 2 heterocycles. The molecule has 146 valence electrons. The summed E-state index contributed by atoms with van der Waals surface area (Å²) in [6, 6.07) is 8.32. The molecule has 0 unspecified atom stereocenters. The van der Waals surface area contributed by atoms with E-state index in [4.69, 9.17) is 0 Å². The van der Waals surface area contributed by atoms with Crippen LogP contribution in [0.1, 0.15) is 45.8 Å². The lowest BCUT2D eigenvalue weighted by molar-refractivity contribution is 0.0792. The maximum Gasteiger partial charge on any atom is 0.254 e. The SMILES string of the molecule is CN(CCCc1cc(-c2ccc(F)cc2)n[nH]1)C(=O)c1csc2c1CCCC2. The number of nitrogens with zero attached hydrogens (tertiary/aromatic N) is 2. The Hall–Kier alpha value is -2.47. The number of carbonyl (C=O) groups is 1. The summed E-state index contributed by atoms with van der Waals surface area (Å²) in [6.07, 6.45) is 6.25. The van der Waals surface area contributed by atoms with Gasteiger partial charge in [-0.25, -0.2) is 4.39 Å². The van der Waals surface area contributed by atoms with Crippen molar-refractivity contribution in [2.75, 3.05) is 13.6 Å². The Morgan fingerprint density at radius 3 is 2.86 bits per heavy atom. The molecule has 0 bridgehead atoms. The minimum atomic E-state index is -0.251. The van der Waals surface area contributed by atoms with Crippen molar-refractivity contribution in [2.24, 2.45) is 0 Å². The summed E-state index contributed by atoms with van der Waals surface area (Å²) >= 11 is 1.74.